The maximum atomic E-state index is 11.9. The number of amides is 1. The van der Waals surface area contributed by atoms with E-state index in [0.29, 0.717) is 12.1 Å². The Balaban J connectivity index is 1.71. The van der Waals surface area contributed by atoms with Crippen LogP contribution in [0.4, 0.5) is 0 Å². The molecule has 92 valence electrons. The summed E-state index contributed by atoms with van der Waals surface area (Å²) in [5.74, 6) is 0.193. The second-order valence-electron chi connectivity index (χ2n) is 5.36. The fourth-order valence-electron chi connectivity index (χ4n) is 2.43. The molecule has 0 heterocycles. The molecule has 2 N–H and O–H groups in total. The van der Waals surface area contributed by atoms with Crippen molar-refractivity contribution in [3.8, 4) is 0 Å². The van der Waals surface area contributed by atoms with Gasteiger partial charge in [-0.15, -0.1) is 0 Å². The van der Waals surface area contributed by atoms with Gasteiger partial charge in [-0.1, -0.05) is 25.7 Å². The Morgan fingerprint density at radius 1 is 1.00 bits per heavy atom. The summed E-state index contributed by atoms with van der Waals surface area (Å²) in [7, 11) is 0. The SMILES string of the molecule is CC(NC1CC1)C(=O)NC1CCCCCC1. The van der Waals surface area contributed by atoms with E-state index in [-0.39, 0.29) is 11.9 Å². The van der Waals surface area contributed by atoms with E-state index in [9.17, 15) is 4.79 Å². The van der Waals surface area contributed by atoms with Crippen molar-refractivity contribution in [1.82, 2.24) is 10.6 Å². The molecule has 2 aliphatic rings. The minimum Gasteiger partial charge on any atom is -0.352 e. The van der Waals surface area contributed by atoms with Crippen LogP contribution in [0.15, 0.2) is 0 Å². The Morgan fingerprint density at radius 2 is 1.62 bits per heavy atom. The molecule has 0 aromatic carbocycles. The van der Waals surface area contributed by atoms with Crippen molar-refractivity contribution >= 4 is 5.91 Å². The largest absolute Gasteiger partial charge is 0.352 e. The van der Waals surface area contributed by atoms with Crippen LogP contribution in [0.1, 0.15) is 58.3 Å². The molecule has 3 nitrogen and oxygen atoms in total. The van der Waals surface area contributed by atoms with Crippen LogP contribution in [-0.4, -0.2) is 24.0 Å². The van der Waals surface area contributed by atoms with Crippen LogP contribution < -0.4 is 10.6 Å². The number of carbonyl (C=O) groups excluding carboxylic acids is 1. The van der Waals surface area contributed by atoms with Crippen molar-refractivity contribution in [2.24, 2.45) is 0 Å². The van der Waals surface area contributed by atoms with E-state index in [2.05, 4.69) is 10.6 Å². The predicted octanol–water partition coefficient (Wildman–Crippen LogP) is 1.97. The third-order valence-electron chi connectivity index (χ3n) is 3.66. The van der Waals surface area contributed by atoms with E-state index in [1.165, 1.54) is 51.4 Å². The zero-order chi connectivity index (χ0) is 11.4. The highest BCUT2D eigenvalue weighted by Crippen LogP contribution is 2.20. The maximum absolute atomic E-state index is 11.9. The van der Waals surface area contributed by atoms with Crippen molar-refractivity contribution in [3.05, 3.63) is 0 Å². The molecule has 0 bridgehead atoms. The summed E-state index contributed by atoms with van der Waals surface area (Å²) in [5, 5.41) is 6.54. The fourth-order valence-corrected chi connectivity index (χ4v) is 2.43. The normalized spacial score (nSPS) is 24.8. The Hall–Kier alpha value is -0.570. The first-order valence-corrected chi connectivity index (χ1v) is 6.82. The minimum atomic E-state index is -0.0178. The lowest BCUT2D eigenvalue weighted by Crippen LogP contribution is -2.46. The standard InChI is InChI=1S/C13H24N2O/c1-10(14-12-8-9-12)13(16)15-11-6-4-2-3-5-7-11/h10-12,14H,2-9H2,1H3,(H,15,16). The van der Waals surface area contributed by atoms with Crippen LogP contribution in [0.25, 0.3) is 0 Å². The van der Waals surface area contributed by atoms with Gasteiger partial charge >= 0.3 is 0 Å². The van der Waals surface area contributed by atoms with E-state index in [1.54, 1.807) is 0 Å². The summed E-state index contributed by atoms with van der Waals surface area (Å²) in [6, 6.07) is 1.02. The zero-order valence-corrected chi connectivity index (χ0v) is 10.3. The Morgan fingerprint density at radius 3 is 2.19 bits per heavy atom. The van der Waals surface area contributed by atoms with E-state index >= 15 is 0 Å². The second kappa shape index (κ2) is 5.67. The molecular weight excluding hydrogens is 200 g/mol. The maximum Gasteiger partial charge on any atom is 0.237 e. The summed E-state index contributed by atoms with van der Waals surface area (Å²) in [6.45, 7) is 1.98. The Bertz CT molecular complexity index is 230. The van der Waals surface area contributed by atoms with Gasteiger partial charge in [-0.3, -0.25) is 4.79 Å². The van der Waals surface area contributed by atoms with Crippen LogP contribution in [0.5, 0.6) is 0 Å². The summed E-state index contributed by atoms with van der Waals surface area (Å²) in [4.78, 5) is 11.9. The quantitative estimate of drug-likeness (QED) is 0.717. The highest BCUT2D eigenvalue weighted by molar-refractivity contribution is 5.81. The van der Waals surface area contributed by atoms with Gasteiger partial charge in [0.2, 0.25) is 5.91 Å². The van der Waals surface area contributed by atoms with Crippen LogP contribution in [0.2, 0.25) is 0 Å². The highest BCUT2D eigenvalue weighted by atomic mass is 16.2. The number of rotatable bonds is 4. The summed E-state index contributed by atoms with van der Waals surface area (Å²) >= 11 is 0. The summed E-state index contributed by atoms with van der Waals surface area (Å²) in [5.41, 5.74) is 0. The molecule has 3 heteroatoms. The lowest BCUT2D eigenvalue weighted by atomic mass is 10.1. The molecular formula is C13H24N2O. The molecule has 16 heavy (non-hydrogen) atoms. The smallest absolute Gasteiger partial charge is 0.237 e. The van der Waals surface area contributed by atoms with Gasteiger partial charge in [-0.25, -0.2) is 0 Å². The van der Waals surface area contributed by atoms with Gasteiger partial charge in [0.1, 0.15) is 0 Å². The molecule has 1 atom stereocenters. The molecule has 0 spiro atoms. The van der Waals surface area contributed by atoms with Crippen molar-refractivity contribution in [2.45, 2.75) is 76.4 Å². The molecule has 2 aliphatic carbocycles. The third kappa shape index (κ3) is 3.78. The molecule has 0 aromatic rings. The Labute approximate surface area is 98.4 Å². The van der Waals surface area contributed by atoms with E-state index in [1.807, 2.05) is 6.92 Å². The van der Waals surface area contributed by atoms with Crippen LogP contribution in [-0.2, 0) is 4.79 Å². The fraction of sp³-hybridized carbons (Fsp3) is 0.923. The Kier molecular flexibility index (Phi) is 4.22. The number of hydrogen-bond acceptors (Lipinski definition) is 2. The second-order valence-corrected chi connectivity index (χ2v) is 5.36. The van der Waals surface area contributed by atoms with E-state index < -0.39 is 0 Å². The van der Waals surface area contributed by atoms with Gasteiger partial charge in [-0.05, 0) is 32.6 Å². The number of carbonyl (C=O) groups is 1. The molecule has 1 amide bonds. The van der Waals surface area contributed by atoms with Gasteiger partial charge in [0.25, 0.3) is 0 Å². The number of hydrogen-bond donors (Lipinski definition) is 2. The third-order valence-corrected chi connectivity index (χ3v) is 3.66. The van der Waals surface area contributed by atoms with Gasteiger partial charge < -0.3 is 10.6 Å². The van der Waals surface area contributed by atoms with E-state index in [4.69, 9.17) is 0 Å². The zero-order valence-electron chi connectivity index (χ0n) is 10.3. The monoisotopic (exact) mass is 224 g/mol. The first-order chi connectivity index (χ1) is 7.75. The summed E-state index contributed by atoms with van der Waals surface area (Å²) < 4.78 is 0. The molecule has 2 fully saturated rings. The number of nitrogens with one attached hydrogen (secondary N) is 2. The van der Waals surface area contributed by atoms with E-state index in [0.717, 1.165) is 0 Å². The van der Waals surface area contributed by atoms with Crippen LogP contribution >= 0.6 is 0 Å². The molecule has 0 aromatic heterocycles. The van der Waals surface area contributed by atoms with Gasteiger partial charge in [0.05, 0.1) is 6.04 Å². The highest BCUT2D eigenvalue weighted by Gasteiger charge is 2.26. The van der Waals surface area contributed by atoms with Crippen molar-refractivity contribution in [1.29, 1.82) is 0 Å². The van der Waals surface area contributed by atoms with Crippen molar-refractivity contribution in [3.63, 3.8) is 0 Å². The predicted molar refractivity (Wildman–Crippen MR) is 65.3 cm³/mol. The summed E-state index contributed by atoms with van der Waals surface area (Å²) in [6.07, 6.45) is 10.0. The lowest BCUT2D eigenvalue weighted by molar-refractivity contribution is -0.123. The van der Waals surface area contributed by atoms with Crippen LogP contribution in [0, 0.1) is 0 Å². The lowest BCUT2D eigenvalue weighted by Gasteiger charge is -2.20. The molecule has 2 rings (SSSR count). The molecule has 2 saturated carbocycles. The van der Waals surface area contributed by atoms with Gasteiger partial charge in [0.15, 0.2) is 0 Å². The topological polar surface area (TPSA) is 41.1 Å². The average Bonchev–Trinajstić information content (AvgIpc) is 3.05. The van der Waals surface area contributed by atoms with Crippen LogP contribution in [0.3, 0.4) is 0 Å². The molecule has 0 radical (unpaired) electrons. The van der Waals surface area contributed by atoms with Gasteiger partial charge in [-0.2, -0.15) is 0 Å². The first kappa shape index (κ1) is 11.9. The molecule has 0 aliphatic heterocycles. The van der Waals surface area contributed by atoms with Crippen molar-refractivity contribution in [2.75, 3.05) is 0 Å². The van der Waals surface area contributed by atoms with Crippen molar-refractivity contribution < 1.29 is 4.79 Å². The average molecular weight is 224 g/mol. The minimum absolute atomic E-state index is 0.0178. The molecule has 1 unspecified atom stereocenters. The first-order valence-electron chi connectivity index (χ1n) is 6.82. The van der Waals surface area contributed by atoms with Gasteiger partial charge in [0, 0.05) is 12.1 Å². The molecule has 0 saturated heterocycles.